The van der Waals surface area contributed by atoms with Crippen LogP contribution in [0.5, 0.6) is 0 Å². The van der Waals surface area contributed by atoms with Crippen LogP contribution in [-0.2, 0) is 24.7 Å². The van der Waals surface area contributed by atoms with Gasteiger partial charge >= 0.3 is 24.7 Å². The lowest BCUT2D eigenvalue weighted by Gasteiger charge is -2.19. The third-order valence-corrected chi connectivity index (χ3v) is 1.97. The molecule has 2 nitrogen and oxygen atoms in total. The smallest absolute Gasteiger partial charge is 0.234 e. The normalized spacial score (nSPS) is 14.4. The Balaban J connectivity index is 3.90. The molecule has 0 N–H and O–H groups in total. The highest BCUT2D eigenvalue weighted by Crippen LogP contribution is 2.44. The molecule has 0 aliphatic rings. The third kappa shape index (κ3) is 3.71. The van der Waals surface area contributed by atoms with Crippen molar-refractivity contribution in [3.05, 3.63) is 22.8 Å². The zero-order valence-electron chi connectivity index (χ0n) is 9.43. The van der Waals surface area contributed by atoms with Gasteiger partial charge in [-0.05, 0) is 0 Å². The summed E-state index contributed by atoms with van der Waals surface area (Å²) in [6.07, 6.45) is -24.4. The molecule has 0 saturated heterocycles. The fourth-order valence-electron chi connectivity index (χ4n) is 1.23. The van der Waals surface area contributed by atoms with E-state index in [1.165, 1.54) is 9.97 Å². The van der Waals surface area contributed by atoms with E-state index in [-0.39, 0.29) is 0 Å². The van der Waals surface area contributed by atoms with E-state index in [2.05, 4.69) is 0 Å². The van der Waals surface area contributed by atoms with Crippen molar-refractivity contribution >= 4 is 0 Å². The molecule has 0 fully saturated rings. The van der Waals surface area contributed by atoms with Crippen molar-refractivity contribution in [1.82, 2.24) is 9.97 Å². The van der Waals surface area contributed by atoms with Crippen molar-refractivity contribution < 1.29 is 52.7 Å². The Kier molecular flexibility index (Phi) is 4.05. The van der Waals surface area contributed by atoms with Crippen LogP contribution >= 0.6 is 0 Å². The molecule has 0 radical (unpaired) electrons. The molecular formula is C8F12N2. The Morgan fingerprint density at radius 1 is 0.364 bits per heavy atom. The first-order valence-electron chi connectivity index (χ1n) is 4.66. The van der Waals surface area contributed by atoms with Gasteiger partial charge in [0.15, 0.2) is 22.8 Å². The molecule has 0 unspecified atom stereocenters. The fourth-order valence-corrected chi connectivity index (χ4v) is 1.23. The van der Waals surface area contributed by atoms with Crippen molar-refractivity contribution in [1.29, 1.82) is 0 Å². The van der Waals surface area contributed by atoms with Gasteiger partial charge in [0.2, 0.25) is 0 Å². The topological polar surface area (TPSA) is 25.8 Å². The maximum Gasteiger partial charge on any atom is 0.435 e. The van der Waals surface area contributed by atoms with Crippen LogP contribution in [0.2, 0.25) is 0 Å². The average molecular weight is 352 g/mol. The summed E-state index contributed by atoms with van der Waals surface area (Å²) < 4.78 is 148. The second-order valence-electron chi connectivity index (χ2n) is 3.61. The lowest BCUT2D eigenvalue weighted by molar-refractivity contribution is -0.181. The number of hydrogen-bond donors (Lipinski definition) is 0. The van der Waals surface area contributed by atoms with Crippen LogP contribution in [0.25, 0.3) is 0 Å². The van der Waals surface area contributed by atoms with E-state index in [1.54, 1.807) is 0 Å². The molecule has 0 aliphatic heterocycles. The number of rotatable bonds is 0. The highest BCUT2D eigenvalue weighted by molar-refractivity contribution is 5.28. The van der Waals surface area contributed by atoms with E-state index < -0.39 is 47.5 Å². The summed E-state index contributed by atoms with van der Waals surface area (Å²) in [5, 5.41) is 0. The molecule has 0 bridgehead atoms. The molecule has 14 heteroatoms. The summed E-state index contributed by atoms with van der Waals surface area (Å²) in [5.74, 6) is 0. The molecule has 1 rings (SSSR count). The Bertz CT molecular complexity index is 462. The maximum absolute atomic E-state index is 12.3. The van der Waals surface area contributed by atoms with E-state index in [0.29, 0.717) is 0 Å². The second-order valence-corrected chi connectivity index (χ2v) is 3.61. The zero-order chi connectivity index (χ0) is 17.7. The van der Waals surface area contributed by atoms with Gasteiger partial charge in [0.05, 0.1) is 0 Å². The van der Waals surface area contributed by atoms with Crippen LogP contribution in [0.1, 0.15) is 22.8 Å². The predicted octanol–water partition coefficient (Wildman–Crippen LogP) is 4.55. The van der Waals surface area contributed by atoms with Gasteiger partial charge in [0.25, 0.3) is 0 Å². The van der Waals surface area contributed by atoms with E-state index in [9.17, 15) is 52.7 Å². The molecular weight excluding hydrogens is 352 g/mol. The van der Waals surface area contributed by atoms with Crippen LogP contribution in [-0.4, -0.2) is 9.97 Å². The molecule has 0 aliphatic carbocycles. The van der Waals surface area contributed by atoms with Gasteiger partial charge in [-0.25, -0.2) is 9.97 Å². The lowest BCUT2D eigenvalue weighted by Crippen LogP contribution is -2.28. The first-order chi connectivity index (χ1) is 9.45. The molecule has 1 heterocycles. The predicted molar refractivity (Wildman–Crippen MR) is 42.0 cm³/mol. The lowest BCUT2D eigenvalue weighted by atomic mass is 10.2. The minimum absolute atomic E-state index is 1.50. The van der Waals surface area contributed by atoms with Crippen LogP contribution in [0, 0.1) is 0 Å². The van der Waals surface area contributed by atoms with Crippen LogP contribution in [0.3, 0.4) is 0 Å². The molecule has 22 heavy (non-hydrogen) atoms. The molecule has 0 atom stereocenters. The number of hydrogen-bond acceptors (Lipinski definition) is 2. The number of aromatic nitrogens is 2. The van der Waals surface area contributed by atoms with Crippen LogP contribution in [0.15, 0.2) is 0 Å². The molecule has 1 aromatic rings. The van der Waals surface area contributed by atoms with Gasteiger partial charge in [-0.3, -0.25) is 0 Å². The van der Waals surface area contributed by atoms with Gasteiger partial charge in [-0.2, -0.15) is 52.7 Å². The summed E-state index contributed by atoms with van der Waals surface area (Å²) in [6.45, 7) is 0. The van der Waals surface area contributed by atoms with E-state index in [1.807, 2.05) is 0 Å². The van der Waals surface area contributed by atoms with E-state index >= 15 is 0 Å². The molecule has 1 aromatic heterocycles. The number of alkyl halides is 12. The van der Waals surface area contributed by atoms with Gasteiger partial charge in [0, 0.05) is 0 Å². The first kappa shape index (κ1) is 18.3. The van der Waals surface area contributed by atoms with Crippen molar-refractivity contribution in [2.75, 3.05) is 0 Å². The van der Waals surface area contributed by atoms with Gasteiger partial charge in [0.1, 0.15) is 0 Å². The Labute approximate surface area is 111 Å². The number of halogens is 12. The van der Waals surface area contributed by atoms with Gasteiger partial charge in [-0.15, -0.1) is 0 Å². The van der Waals surface area contributed by atoms with Crippen molar-refractivity contribution in [2.45, 2.75) is 24.7 Å². The Morgan fingerprint density at radius 2 is 0.500 bits per heavy atom. The summed E-state index contributed by atoms with van der Waals surface area (Å²) in [6, 6.07) is 0. The Morgan fingerprint density at radius 3 is 0.591 bits per heavy atom. The maximum atomic E-state index is 12.3. The van der Waals surface area contributed by atoms with E-state index in [4.69, 9.17) is 0 Å². The standard InChI is InChI=1S/C8F12N2/c9-5(10,11)1-2(6(12,13)14)22-4(8(18,19)20)3(21-1)7(15,16)17. The Hall–Kier alpha value is -1.76. The molecule has 0 amide bonds. The van der Waals surface area contributed by atoms with Crippen molar-refractivity contribution in [2.24, 2.45) is 0 Å². The van der Waals surface area contributed by atoms with Crippen molar-refractivity contribution in [3.8, 4) is 0 Å². The van der Waals surface area contributed by atoms with Crippen LogP contribution in [0.4, 0.5) is 52.7 Å². The largest absolute Gasteiger partial charge is 0.435 e. The summed E-state index contributed by atoms with van der Waals surface area (Å²) >= 11 is 0. The molecule has 0 aromatic carbocycles. The second kappa shape index (κ2) is 4.87. The van der Waals surface area contributed by atoms with Crippen molar-refractivity contribution in [3.63, 3.8) is 0 Å². The fraction of sp³-hybridized carbons (Fsp3) is 0.500. The quantitative estimate of drug-likeness (QED) is 0.640. The summed E-state index contributed by atoms with van der Waals surface area (Å²) in [7, 11) is 0. The minimum atomic E-state index is -6.10. The van der Waals surface area contributed by atoms with E-state index in [0.717, 1.165) is 0 Å². The molecule has 0 saturated carbocycles. The molecule has 0 spiro atoms. The van der Waals surface area contributed by atoms with Gasteiger partial charge in [-0.1, -0.05) is 0 Å². The summed E-state index contributed by atoms with van der Waals surface area (Å²) in [4.78, 5) is 2.99. The minimum Gasteiger partial charge on any atom is -0.234 e. The highest BCUT2D eigenvalue weighted by atomic mass is 19.4. The molecule has 126 valence electrons. The monoisotopic (exact) mass is 352 g/mol. The highest BCUT2D eigenvalue weighted by Gasteiger charge is 2.53. The summed E-state index contributed by atoms with van der Waals surface area (Å²) in [5.41, 5.74) is -12.8. The number of nitrogens with zero attached hydrogens (tertiary/aromatic N) is 2. The van der Waals surface area contributed by atoms with Gasteiger partial charge < -0.3 is 0 Å². The first-order valence-corrected chi connectivity index (χ1v) is 4.66. The zero-order valence-corrected chi connectivity index (χ0v) is 9.43. The average Bonchev–Trinajstić information content (AvgIpc) is 2.22. The SMILES string of the molecule is FC(F)(F)c1nc(C(F)(F)F)c(C(F)(F)F)nc1C(F)(F)F. The third-order valence-electron chi connectivity index (χ3n) is 1.97. The van der Waals surface area contributed by atoms with Crippen LogP contribution < -0.4 is 0 Å².